The molecule has 0 aliphatic carbocycles. The van der Waals surface area contributed by atoms with E-state index in [1.54, 1.807) is 12.1 Å². The number of esters is 1. The van der Waals surface area contributed by atoms with Gasteiger partial charge in [-0.1, -0.05) is 28.9 Å². The van der Waals surface area contributed by atoms with Gasteiger partial charge in [0.2, 0.25) is 17.6 Å². The van der Waals surface area contributed by atoms with Crippen LogP contribution in [0, 0.1) is 5.92 Å². The molecule has 11 heteroatoms. The molecule has 0 unspecified atom stereocenters. The maximum absolute atomic E-state index is 13.0. The number of ether oxygens (including phenoxy) is 3. The predicted molar refractivity (Wildman–Crippen MR) is 132 cm³/mol. The standard InChI is InChI=1S/C25H27ClN4O6/c1-33-20-12-17(25(32)35-3)19(13-21(20)34-2)27-24(31)15-8-10-30(11-9-15)14-22-28-23(29-36-22)16-6-4-5-7-18(16)26/h4-7,12-13,15H,8-11,14H2,1-3H3,(H,27,31). The van der Waals surface area contributed by atoms with Gasteiger partial charge in [0.25, 0.3) is 0 Å². The summed E-state index contributed by atoms with van der Waals surface area (Å²) in [5, 5.41) is 7.46. The molecule has 3 aromatic rings. The van der Waals surface area contributed by atoms with Crippen LogP contribution in [0.1, 0.15) is 29.1 Å². The van der Waals surface area contributed by atoms with Crippen LogP contribution in [-0.2, 0) is 16.1 Å². The Morgan fingerprint density at radius 3 is 2.47 bits per heavy atom. The molecule has 4 rings (SSSR count). The zero-order chi connectivity index (χ0) is 25.7. The number of nitrogens with one attached hydrogen (secondary N) is 1. The molecule has 1 aliphatic rings. The number of methoxy groups -OCH3 is 3. The first-order valence-electron chi connectivity index (χ1n) is 11.4. The molecule has 1 fully saturated rings. The number of nitrogens with zero attached hydrogens (tertiary/aromatic N) is 3. The lowest BCUT2D eigenvalue weighted by molar-refractivity contribution is -0.121. The van der Waals surface area contributed by atoms with E-state index in [1.807, 2.05) is 18.2 Å². The topological polar surface area (TPSA) is 116 Å². The Labute approximate surface area is 213 Å². The number of amides is 1. The molecule has 36 heavy (non-hydrogen) atoms. The first-order valence-corrected chi connectivity index (χ1v) is 11.8. The molecule has 1 N–H and O–H groups in total. The summed E-state index contributed by atoms with van der Waals surface area (Å²) in [6.07, 6.45) is 1.27. The summed E-state index contributed by atoms with van der Waals surface area (Å²) in [5.41, 5.74) is 1.21. The quantitative estimate of drug-likeness (QED) is 0.444. The fraction of sp³-hybridized carbons (Fsp3) is 0.360. The molecular formula is C25H27ClN4O6. The van der Waals surface area contributed by atoms with Crippen LogP contribution in [0.5, 0.6) is 11.5 Å². The number of aromatic nitrogens is 2. The molecule has 0 atom stereocenters. The van der Waals surface area contributed by atoms with Crippen molar-refractivity contribution in [2.45, 2.75) is 19.4 Å². The maximum atomic E-state index is 13.0. The third-order valence-corrected chi connectivity index (χ3v) is 6.42. The van der Waals surface area contributed by atoms with Gasteiger partial charge in [-0.2, -0.15) is 4.98 Å². The molecule has 0 saturated carbocycles. The second-order valence-corrected chi connectivity index (χ2v) is 8.68. The minimum atomic E-state index is -0.586. The molecule has 190 valence electrons. The predicted octanol–water partition coefficient (Wildman–Crippen LogP) is 4.04. The molecule has 1 amide bonds. The Morgan fingerprint density at radius 1 is 1.11 bits per heavy atom. The Balaban J connectivity index is 1.37. The highest BCUT2D eigenvalue weighted by molar-refractivity contribution is 6.33. The zero-order valence-electron chi connectivity index (χ0n) is 20.2. The third-order valence-electron chi connectivity index (χ3n) is 6.09. The van der Waals surface area contributed by atoms with E-state index in [0.29, 0.717) is 72.0 Å². The van der Waals surface area contributed by atoms with Crippen molar-refractivity contribution in [1.82, 2.24) is 15.0 Å². The highest BCUT2D eigenvalue weighted by Gasteiger charge is 2.28. The normalized spacial score (nSPS) is 14.3. The van der Waals surface area contributed by atoms with Crippen molar-refractivity contribution < 1.29 is 28.3 Å². The van der Waals surface area contributed by atoms with Crippen molar-refractivity contribution in [3.63, 3.8) is 0 Å². The van der Waals surface area contributed by atoms with Crippen LogP contribution in [0.2, 0.25) is 5.02 Å². The van der Waals surface area contributed by atoms with Gasteiger partial charge in [0.1, 0.15) is 0 Å². The van der Waals surface area contributed by atoms with Crippen LogP contribution in [0.4, 0.5) is 5.69 Å². The van der Waals surface area contributed by atoms with Crippen molar-refractivity contribution in [3.05, 3.63) is 52.9 Å². The molecule has 2 aromatic carbocycles. The number of benzene rings is 2. The van der Waals surface area contributed by atoms with Crippen molar-refractivity contribution in [2.24, 2.45) is 5.92 Å². The molecule has 1 aliphatic heterocycles. The first kappa shape index (κ1) is 25.5. The lowest BCUT2D eigenvalue weighted by Crippen LogP contribution is -2.38. The molecule has 1 saturated heterocycles. The van der Waals surface area contributed by atoms with Crippen LogP contribution in [0.25, 0.3) is 11.4 Å². The molecule has 0 spiro atoms. The molecular weight excluding hydrogens is 488 g/mol. The average molecular weight is 515 g/mol. The minimum Gasteiger partial charge on any atom is -0.493 e. The van der Waals surface area contributed by atoms with Crippen molar-refractivity contribution in [1.29, 1.82) is 0 Å². The van der Waals surface area contributed by atoms with E-state index in [1.165, 1.54) is 27.4 Å². The van der Waals surface area contributed by atoms with Crippen LogP contribution in [-0.4, -0.2) is 61.3 Å². The summed E-state index contributed by atoms with van der Waals surface area (Å²) in [6, 6.07) is 10.4. The van der Waals surface area contributed by atoms with Gasteiger partial charge in [0.05, 0.1) is 44.1 Å². The van der Waals surface area contributed by atoms with Gasteiger partial charge in [-0.25, -0.2) is 4.79 Å². The Morgan fingerprint density at radius 2 is 1.81 bits per heavy atom. The van der Waals surface area contributed by atoms with Gasteiger partial charge in [0, 0.05) is 23.6 Å². The lowest BCUT2D eigenvalue weighted by Gasteiger charge is -2.30. The van der Waals surface area contributed by atoms with Crippen molar-refractivity contribution in [2.75, 3.05) is 39.7 Å². The number of rotatable bonds is 8. The van der Waals surface area contributed by atoms with E-state index in [9.17, 15) is 9.59 Å². The summed E-state index contributed by atoms with van der Waals surface area (Å²) < 4.78 is 20.9. The maximum Gasteiger partial charge on any atom is 0.340 e. The van der Waals surface area contributed by atoms with E-state index in [-0.39, 0.29) is 17.4 Å². The third kappa shape index (κ3) is 5.60. The van der Waals surface area contributed by atoms with Gasteiger partial charge >= 0.3 is 5.97 Å². The number of likely N-dealkylation sites (tertiary alicyclic amines) is 1. The van der Waals surface area contributed by atoms with Crippen molar-refractivity contribution >= 4 is 29.2 Å². The monoisotopic (exact) mass is 514 g/mol. The lowest BCUT2D eigenvalue weighted by atomic mass is 9.95. The van der Waals surface area contributed by atoms with Gasteiger partial charge in [-0.15, -0.1) is 0 Å². The largest absolute Gasteiger partial charge is 0.493 e. The van der Waals surface area contributed by atoms with Crippen LogP contribution >= 0.6 is 11.6 Å². The second-order valence-electron chi connectivity index (χ2n) is 8.28. The number of anilines is 1. The molecule has 2 heterocycles. The molecule has 1 aromatic heterocycles. The fourth-order valence-electron chi connectivity index (χ4n) is 4.11. The van der Waals surface area contributed by atoms with Crippen LogP contribution < -0.4 is 14.8 Å². The number of carbonyl (C=O) groups excluding carboxylic acids is 2. The summed E-state index contributed by atoms with van der Waals surface area (Å²) in [4.78, 5) is 31.9. The smallest absolute Gasteiger partial charge is 0.340 e. The number of hydrogen-bond acceptors (Lipinski definition) is 9. The highest BCUT2D eigenvalue weighted by Crippen LogP contribution is 2.34. The molecule has 10 nitrogen and oxygen atoms in total. The Kier molecular flexibility index (Phi) is 8.07. The fourth-order valence-corrected chi connectivity index (χ4v) is 4.33. The number of carbonyl (C=O) groups is 2. The second kappa shape index (κ2) is 11.4. The average Bonchev–Trinajstić information content (AvgIpc) is 3.36. The molecule has 0 bridgehead atoms. The Bertz CT molecular complexity index is 1240. The number of halogens is 1. The minimum absolute atomic E-state index is 0.175. The van der Waals surface area contributed by atoms with Gasteiger partial charge in [-0.05, 0) is 38.1 Å². The van der Waals surface area contributed by atoms with Gasteiger partial charge in [-0.3, -0.25) is 9.69 Å². The highest BCUT2D eigenvalue weighted by atomic mass is 35.5. The van der Waals surface area contributed by atoms with E-state index in [2.05, 4.69) is 20.4 Å². The SMILES string of the molecule is COC(=O)c1cc(OC)c(OC)cc1NC(=O)C1CCN(Cc2nc(-c3ccccc3Cl)no2)CC1. The van der Waals surface area contributed by atoms with E-state index < -0.39 is 5.97 Å². The van der Waals surface area contributed by atoms with E-state index >= 15 is 0 Å². The summed E-state index contributed by atoms with van der Waals surface area (Å²) >= 11 is 6.22. The van der Waals surface area contributed by atoms with E-state index in [0.717, 1.165) is 0 Å². The van der Waals surface area contributed by atoms with Crippen molar-refractivity contribution in [3.8, 4) is 22.9 Å². The number of piperidine rings is 1. The first-order chi connectivity index (χ1) is 17.4. The zero-order valence-corrected chi connectivity index (χ0v) is 21.0. The van der Waals surface area contributed by atoms with Gasteiger partial charge in [0.15, 0.2) is 11.5 Å². The summed E-state index contributed by atoms with van der Waals surface area (Å²) in [7, 11) is 4.23. The van der Waals surface area contributed by atoms with Crippen LogP contribution in [0.15, 0.2) is 40.9 Å². The Hall–Kier alpha value is -3.63. The number of hydrogen-bond donors (Lipinski definition) is 1. The summed E-state index contributed by atoms with van der Waals surface area (Å²) in [6.45, 7) is 1.84. The summed E-state index contributed by atoms with van der Waals surface area (Å²) in [5.74, 6) is 0.708. The molecule has 0 radical (unpaired) electrons. The van der Waals surface area contributed by atoms with Gasteiger partial charge < -0.3 is 24.1 Å². The van der Waals surface area contributed by atoms with E-state index in [4.69, 9.17) is 30.3 Å². The van der Waals surface area contributed by atoms with Crippen LogP contribution in [0.3, 0.4) is 0 Å².